The molecule has 1 heterocycles. The minimum Gasteiger partial charge on any atom is -0.478 e. The standard InChI is InChI=1S/C15H15ClN2O2/c1-18(9-6-11-4-7-17-8-5-11)14-3-2-12(16)10-13(14)15(19)20/h2-5,7-8,10H,6,9H2,1H3,(H,19,20). The van der Waals surface area contributed by atoms with Crippen LogP contribution < -0.4 is 4.90 Å². The van der Waals surface area contributed by atoms with E-state index >= 15 is 0 Å². The number of likely N-dealkylation sites (N-methyl/N-ethyl adjacent to an activating group) is 1. The van der Waals surface area contributed by atoms with Crippen LogP contribution in [-0.4, -0.2) is 29.7 Å². The summed E-state index contributed by atoms with van der Waals surface area (Å²) < 4.78 is 0. The molecule has 0 atom stereocenters. The Labute approximate surface area is 122 Å². The van der Waals surface area contributed by atoms with E-state index in [9.17, 15) is 9.90 Å². The number of halogens is 1. The van der Waals surface area contributed by atoms with Crippen molar-refractivity contribution < 1.29 is 9.90 Å². The van der Waals surface area contributed by atoms with E-state index < -0.39 is 5.97 Å². The van der Waals surface area contributed by atoms with Crippen LogP contribution in [0.25, 0.3) is 0 Å². The first-order valence-corrected chi connectivity index (χ1v) is 6.58. The SMILES string of the molecule is CN(CCc1ccncc1)c1ccc(Cl)cc1C(=O)O. The van der Waals surface area contributed by atoms with Crippen LogP contribution in [0.2, 0.25) is 5.02 Å². The van der Waals surface area contributed by atoms with Gasteiger partial charge in [-0.2, -0.15) is 0 Å². The first-order valence-electron chi connectivity index (χ1n) is 6.21. The lowest BCUT2D eigenvalue weighted by atomic mass is 10.1. The summed E-state index contributed by atoms with van der Waals surface area (Å²) in [6.45, 7) is 0.714. The zero-order chi connectivity index (χ0) is 14.5. The Kier molecular flexibility index (Phi) is 4.58. The second-order valence-corrected chi connectivity index (χ2v) is 4.93. The van der Waals surface area contributed by atoms with Gasteiger partial charge >= 0.3 is 5.97 Å². The summed E-state index contributed by atoms with van der Waals surface area (Å²) in [5, 5.41) is 9.66. The van der Waals surface area contributed by atoms with Crippen LogP contribution in [0, 0.1) is 0 Å². The first-order chi connectivity index (χ1) is 9.58. The van der Waals surface area contributed by atoms with Gasteiger partial charge in [-0.25, -0.2) is 4.79 Å². The molecule has 0 fully saturated rings. The van der Waals surface area contributed by atoms with Gasteiger partial charge < -0.3 is 10.0 Å². The number of aromatic carboxylic acids is 1. The van der Waals surface area contributed by atoms with Crippen LogP contribution in [0.4, 0.5) is 5.69 Å². The van der Waals surface area contributed by atoms with E-state index in [0.29, 0.717) is 17.3 Å². The van der Waals surface area contributed by atoms with E-state index in [4.69, 9.17) is 11.6 Å². The molecule has 104 valence electrons. The molecule has 0 spiro atoms. The van der Waals surface area contributed by atoms with Crippen LogP contribution in [0.5, 0.6) is 0 Å². The van der Waals surface area contributed by atoms with Crippen LogP contribution in [-0.2, 0) is 6.42 Å². The largest absolute Gasteiger partial charge is 0.478 e. The third-order valence-electron chi connectivity index (χ3n) is 3.09. The molecule has 1 N–H and O–H groups in total. The van der Waals surface area contributed by atoms with E-state index in [1.54, 1.807) is 24.5 Å². The summed E-state index contributed by atoms with van der Waals surface area (Å²) >= 11 is 5.85. The summed E-state index contributed by atoms with van der Waals surface area (Å²) in [4.78, 5) is 17.1. The van der Waals surface area contributed by atoms with Crippen LogP contribution in [0.1, 0.15) is 15.9 Å². The monoisotopic (exact) mass is 290 g/mol. The maximum Gasteiger partial charge on any atom is 0.337 e. The first kappa shape index (κ1) is 14.3. The fourth-order valence-electron chi connectivity index (χ4n) is 1.98. The molecule has 0 aliphatic heterocycles. The minimum absolute atomic E-state index is 0.217. The van der Waals surface area contributed by atoms with Crippen molar-refractivity contribution in [3.63, 3.8) is 0 Å². The van der Waals surface area contributed by atoms with E-state index in [1.165, 1.54) is 6.07 Å². The van der Waals surface area contributed by atoms with Gasteiger partial charge in [0.25, 0.3) is 0 Å². The zero-order valence-corrected chi connectivity index (χ0v) is 11.8. The van der Waals surface area contributed by atoms with Crippen molar-refractivity contribution in [1.82, 2.24) is 4.98 Å². The zero-order valence-electron chi connectivity index (χ0n) is 11.1. The number of rotatable bonds is 5. The molecule has 1 aromatic heterocycles. The van der Waals surface area contributed by atoms with Gasteiger partial charge in [-0.1, -0.05) is 11.6 Å². The average Bonchev–Trinajstić information content (AvgIpc) is 2.45. The van der Waals surface area contributed by atoms with Crippen molar-refractivity contribution in [2.24, 2.45) is 0 Å². The molecular formula is C15H15ClN2O2. The molecule has 0 saturated heterocycles. The fourth-order valence-corrected chi connectivity index (χ4v) is 2.15. The molecule has 2 rings (SSSR count). The molecule has 2 aromatic rings. The molecule has 20 heavy (non-hydrogen) atoms. The highest BCUT2D eigenvalue weighted by Gasteiger charge is 2.14. The lowest BCUT2D eigenvalue weighted by Crippen LogP contribution is -2.22. The number of hydrogen-bond donors (Lipinski definition) is 1. The number of carbonyl (C=O) groups is 1. The number of carboxylic acids is 1. The van der Waals surface area contributed by atoms with Crippen molar-refractivity contribution in [2.75, 3.05) is 18.5 Å². The lowest BCUT2D eigenvalue weighted by molar-refractivity contribution is 0.0697. The van der Waals surface area contributed by atoms with E-state index in [0.717, 1.165) is 12.0 Å². The van der Waals surface area contributed by atoms with E-state index in [-0.39, 0.29) is 5.56 Å². The molecule has 0 aliphatic carbocycles. The second kappa shape index (κ2) is 6.39. The Hall–Kier alpha value is -2.07. The van der Waals surface area contributed by atoms with Gasteiger partial charge in [-0.15, -0.1) is 0 Å². The third-order valence-corrected chi connectivity index (χ3v) is 3.32. The predicted octanol–water partition coefficient (Wildman–Crippen LogP) is 3.11. The predicted molar refractivity (Wildman–Crippen MR) is 79.6 cm³/mol. The number of benzene rings is 1. The Bertz CT molecular complexity index is 602. The van der Waals surface area contributed by atoms with Crippen LogP contribution in [0.15, 0.2) is 42.7 Å². The number of pyridine rings is 1. The summed E-state index contributed by atoms with van der Waals surface area (Å²) in [5.74, 6) is -0.974. The van der Waals surface area contributed by atoms with Gasteiger partial charge in [0, 0.05) is 31.0 Å². The van der Waals surface area contributed by atoms with Crippen molar-refractivity contribution in [3.8, 4) is 0 Å². The normalized spacial score (nSPS) is 10.3. The van der Waals surface area contributed by atoms with Gasteiger partial charge in [0.2, 0.25) is 0 Å². The third kappa shape index (κ3) is 3.48. The van der Waals surface area contributed by atoms with Crippen molar-refractivity contribution >= 4 is 23.3 Å². The molecule has 0 amide bonds. The number of anilines is 1. The summed E-state index contributed by atoms with van der Waals surface area (Å²) in [6, 6.07) is 8.81. The van der Waals surface area contributed by atoms with Gasteiger partial charge in [0.1, 0.15) is 0 Å². The lowest BCUT2D eigenvalue weighted by Gasteiger charge is -2.21. The van der Waals surface area contributed by atoms with E-state index in [1.807, 2.05) is 24.1 Å². The Morgan fingerprint density at radius 3 is 2.65 bits per heavy atom. The molecule has 4 nitrogen and oxygen atoms in total. The van der Waals surface area contributed by atoms with Crippen LogP contribution in [0.3, 0.4) is 0 Å². The van der Waals surface area contributed by atoms with Crippen molar-refractivity contribution in [2.45, 2.75) is 6.42 Å². The highest BCUT2D eigenvalue weighted by Crippen LogP contribution is 2.23. The second-order valence-electron chi connectivity index (χ2n) is 4.49. The Morgan fingerprint density at radius 1 is 1.30 bits per heavy atom. The number of aromatic nitrogens is 1. The summed E-state index contributed by atoms with van der Waals surface area (Å²) in [7, 11) is 1.87. The molecular weight excluding hydrogens is 276 g/mol. The van der Waals surface area contributed by atoms with Gasteiger partial charge in [-0.3, -0.25) is 4.98 Å². The fraction of sp³-hybridized carbons (Fsp3) is 0.200. The summed E-state index contributed by atoms with van der Waals surface area (Å²) in [5.41, 5.74) is 2.04. The number of hydrogen-bond acceptors (Lipinski definition) is 3. The quantitative estimate of drug-likeness (QED) is 0.919. The van der Waals surface area contributed by atoms with Gasteiger partial charge in [0.05, 0.1) is 11.3 Å². The molecule has 0 unspecified atom stereocenters. The average molecular weight is 291 g/mol. The molecule has 1 aromatic carbocycles. The molecule has 0 bridgehead atoms. The van der Waals surface area contributed by atoms with Gasteiger partial charge in [0.15, 0.2) is 0 Å². The van der Waals surface area contributed by atoms with Crippen molar-refractivity contribution in [3.05, 3.63) is 58.9 Å². The smallest absolute Gasteiger partial charge is 0.337 e. The number of carboxylic acid groups (broad SMARTS) is 1. The number of nitrogens with zero attached hydrogens (tertiary/aromatic N) is 2. The highest BCUT2D eigenvalue weighted by molar-refractivity contribution is 6.31. The topological polar surface area (TPSA) is 53.4 Å². The molecule has 0 radical (unpaired) electrons. The molecule has 0 aliphatic rings. The van der Waals surface area contributed by atoms with Crippen LogP contribution >= 0.6 is 11.6 Å². The summed E-state index contributed by atoms with van der Waals surface area (Å²) in [6.07, 6.45) is 4.32. The van der Waals surface area contributed by atoms with E-state index in [2.05, 4.69) is 4.98 Å². The minimum atomic E-state index is -0.974. The maximum atomic E-state index is 11.3. The molecule has 5 heteroatoms. The Morgan fingerprint density at radius 2 is 2.00 bits per heavy atom. The maximum absolute atomic E-state index is 11.3. The molecule has 0 saturated carbocycles. The highest BCUT2D eigenvalue weighted by atomic mass is 35.5. The Balaban J connectivity index is 2.13. The van der Waals surface area contributed by atoms with Crippen molar-refractivity contribution in [1.29, 1.82) is 0 Å². The van der Waals surface area contributed by atoms with Gasteiger partial charge in [-0.05, 0) is 42.3 Å².